The molecule has 0 spiro atoms. The first-order chi connectivity index (χ1) is 8.99. The summed E-state index contributed by atoms with van der Waals surface area (Å²) in [5, 5.41) is 4.87. The molecule has 2 N–H and O–H groups in total. The quantitative estimate of drug-likeness (QED) is 0.881. The Hall–Kier alpha value is -1.59. The highest BCUT2D eigenvalue weighted by Crippen LogP contribution is 2.21. The Balaban J connectivity index is 2.08. The Labute approximate surface area is 122 Å². The molecule has 0 unspecified atom stereocenters. The number of hydrogen-bond donors (Lipinski definition) is 1. The van der Waals surface area contributed by atoms with Gasteiger partial charge in [0.15, 0.2) is 0 Å². The first-order valence-electron chi connectivity index (χ1n) is 5.69. The van der Waals surface area contributed by atoms with E-state index in [1.165, 1.54) is 0 Å². The Morgan fingerprint density at radius 1 is 1.42 bits per heavy atom. The van der Waals surface area contributed by atoms with E-state index in [0.717, 1.165) is 22.7 Å². The summed E-state index contributed by atoms with van der Waals surface area (Å²) in [7, 11) is 1.84. The summed E-state index contributed by atoms with van der Waals surface area (Å²) in [4.78, 5) is 0.372. The first kappa shape index (κ1) is 13.8. The second-order valence-corrected chi connectivity index (χ2v) is 4.96. The normalized spacial score (nSPS) is 10.5. The summed E-state index contributed by atoms with van der Waals surface area (Å²) >= 11 is 11.0. The second kappa shape index (κ2) is 5.59. The highest BCUT2D eigenvalue weighted by molar-refractivity contribution is 7.80. The van der Waals surface area contributed by atoms with Crippen LogP contribution in [0.15, 0.2) is 24.3 Å². The summed E-state index contributed by atoms with van der Waals surface area (Å²) in [5.41, 5.74) is 7.99. The van der Waals surface area contributed by atoms with Crippen LogP contribution in [0.5, 0.6) is 5.75 Å². The highest BCUT2D eigenvalue weighted by atomic mass is 35.5. The molecule has 0 amide bonds. The van der Waals surface area contributed by atoms with Gasteiger partial charge in [0, 0.05) is 12.6 Å². The van der Waals surface area contributed by atoms with E-state index in [4.69, 9.17) is 34.3 Å². The highest BCUT2D eigenvalue weighted by Gasteiger charge is 2.11. The summed E-state index contributed by atoms with van der Waals surface area (Å²) in [6, 6.07) is 7.30. The summed E-state index contributed by atoms with van der Waals surface area (Å²) < 4.78 is 7.40. The van der Waals surface area contributed by atoms with Crippen LogP contribution in [-0.2, 0) is 13.7 Å². The molecule has 2 aromatic rings. The van der Waals surface area contributed by atoms with Crippen molar-refractivity contribution in [3.8, 4) is 5.75 Å². The van der Waals surface area contributed by atoms with Crippen molar-refractivity contribution in [2.75, 3.05) is 0 Å². The van der Waals surface area contributed by atoms with Crippen LogP contribution in [0.2, 0.25) is 5.02 Å². The maximum absolute atomic E-state index is 6.15. The fourth-order valence-electron chi connectivity index (χ4n) is 1.70. The molecular formula is C13H14ClN3OS. The van der Waals surface area contributed by atoms with E-state index in [1.807, 2.05) is 38.2 Å². The number of thiocarbonyl (C=S) groups is 1. The van der Waals surface area contributed by atoms with Crippen LogP contribution in [0.1, 0.15) is 17.0 Å². The molecule has 4 nitrogen and oxygen atoms in total. The molecule has 1 aromatic heterocycles. The van der Waals surface area contributed by atoms with Crippen LogP contribution in [0.4, 0.5) is 0 Å². The predicted octanol–water partition coefficient (Wildman–Crippen LogP) is 2.60. The lowest BCUT2D eigenvalue weighted by Gasteiger charge is -2.07. The van der Waals surface area contributed by atoms with Crippen LogP contribution in [0.25, 0.3) is 0 Å². The molecule has 0 atom stereocenters. The number of aromatic nitrogens is 2. The van der Waals surface area contributed by atoms with Gasteiger partial charge in [-0.1, -0.05) is 23.8 Å². The van der Waals surface area contributed by atoms with E-state index in [0.29, 0.717) is 16.6 Å². The lowest BCUT2D eigenvalue weighted by Crippen LogP contribution is -2.09. The average Bonchev–Trinajstić information content (AvgIpc) is 2.62. The molecule has 0 aliphatic carbocycles. The van der Waals surface area contributed by atoms with Crippen molar-refractivity contribution in [3.05, 3.63) is 46.2 Å². The predicted molar refractivity (Wildman–Crippen MR) is 79.6 cm³/mol. The average molecular weight is 296 g/mol. The van der Waals surface area contributed by atoms with Crippen molar-refractivity contribution in [3.63, 3.8) is 0 Å². The van der Waals surface area contributed by atoms with Crippen molar-refractivity contribution < 1.29 is 4.74 Å². The van der Waals surface area contributed by atoms with Gasteiger partial charge in [-0.3, -0.25) is 4.68 Å². The lowest BCUT2D eigenvalue weighted by atomic mass is 10.2. The minimum Gasteiger partial charge on any atom is -0.487 e. The maximum Gasteiger partial charge on any atom is 0.131 e. The molecule has 0 saturated carbocycles. The van der Waals surface area contributed by atoms with Crippen LogP contribution >= 0.6 is 23.8 Å². The lowest BCUT2D eigenvalue weighted by molar-refractivity contribution is 0.295. The van der Waals surface area contributed by atoms with Gasteiger partial charge >= 0.3 is 0 Å². The van der Waals surface area contributed by atoms with Gasteiger partial charge in [-0.25, -0.2) is 0 Å². The van der Waals surface area contributed by atoms with Crippen molar-refractivity contribution in [1.29, 1.82) is 0 Å². The van der Waals surface area contributed by atoms with Crippen molar-refractivity contribution in [2.24, 2.45) is 12.8 Å². The number of nitrogens with zero attached hydrogens (tertiary/aromatic N) is 2. The summed E-state index contributed by atoms with van der Waals surface area (Å²) in [6.45, 7) is 2.23. The number of nitrogens with two attached hydrogens (primary N) is 1. The molecule has 6 heteroatoms. The fraction of sp³-hybridized carbons (Fsp3) is 0.231. The molecule has 1 heterocycles. The van der Waals surface area contributed by atoms with Gasteiger partial charge in [-0.2, -0.15) is 5.10 Å². The van der Waals surface area contributed by atoms with Gasteiger partial charge in [-0.15, -0.1) is 0 Å². The molecule has 0 saturated heterocycles. The third-order valence-electron chi connectivity index (χ3n) is 2.78. The number of ether oxygens (including phenoxy) is 1. The molecule has 19 heavy (non-hydrogen) atoms. The Bertz CT molecular complexity index is 607. The molecular weight excluding hydrogens is 282 g/mol. The summed E-state index contributed by atoms with van der Waals surface area (Å²) in [5.74, 6) is 0.731. The van der Waals surface area contributed by atoms with Crippen molar-refractivity contribution >= 4 is 28.8 Å². The summed E-state index contributed by atoms with van der Waals surface area (Å²) in [6.07, 6.45) is 0. The van der Waals surface area contributed by atoms with E-state index in [1.54, 1.807) is 4.68 Å². The topological polar surface area (TPSA) is 53.1 Å². The zero-order valence-corrected chi connectivity index (χ0v) is 12.3. The minimum atomic E-state index is 0.364. The van der Waals surface area contributed by atoms with Crippen molar-refractivity contribution in [1.82, 2.24) is 9.78 Å². The molecule has 0 fully saturated rings. The Kier molecular flexibility index (Phi) is 4.07. The number of rotatable bonds is 4. The van der Waals surface area contributed by atoms with Gasteiger partial charge in [-0.05, 0) is 31.2 Å². The van der Waals surface area contributed by atoms with Crippen LogP contribution < -0.4 is 10.5 Å². The van der Waals surface area contributed by atoms with Gasteiger partial charge in [0.2, 0.25) is 0 Å². The zero-order chi connectivity index (χ0) is 14.0. The van der Waals surface area contributed by atoms with Crippen LogP contribution in [-0.4, -0.2) is 14.8 Å². The van der Waals surface area contributed by atoms with Crippen molar-refractivity contribution in [2.45, 2.75) is 13.5 Å². The number of halogens is 1. The fourth-order valence-corrected chi connectivity index (χ4v) is 2.05. The number of aryl methyl sites for hydroxylation is 2. The maximum atomic E-state index is 6.15. The first-order valence-corrected chi connectivity index (χ1v) is 6.48. The SMILES string of the molecule is Cc1nn(C)c(COc2ccc(C(N)=S)cc2)c1Cl. The van der Waals surface area contributed by atoms with E-state index in [9.17, 15) is 0 Å². The monoisotopic (exact) mass is 295 g/mol. The second-order valence-electron chi connectivity index (χ2n) is 4.15. The number of hydrogen-bond acceptors (Lipinski definition) is 3. The van der Waals surface area contributed by atoms with E-state index in [2.05, 4.69) is 5.10 Å². The smallest absolute Gasteiger partial charge is 0.131 e. The van der Waals surface area contributed by atoms with Gasteiger partial charge in [0.05, 0.1) is 16.4 Å². The van der Waals surface area contributed by atoms with Gasteiger partial charge in [0.1, 0.15) is 17.3 Å². The molecule has 1 aromatic carbocycles. The van der Waals surface area contributed by atoms with E-state index in [-0.39, 0.29) is 0 Å². The molecule has 100 valence electrons. The Morgan fingerprint density at radius 2 is 2.05 bits per heavy atom. The molecule has 0 aliphatic heterocycles. The standard InChI is InChI=1S/C13H14ClN3OS/c1-8-12(14)11(17(2)16-8)7-18-10-5-3-9(4-6-10)13(15)19/h3-6H,7H2,1-2H3,(H2,15,19). The Morgan fingerprint density at radius 3 is 2.53 bits per heavy atom. The van der Waals surface area contributed by atoms with E-state index < -0.39 is 0 Å². The molecule has 0 aliphatic rings. The van der Waals surface area contributed by atoms with Crippen LogP contribution in [0.3, 0.4) is 0 Å². The molecule has 0 radical (unpaired) electrons. The van der Waals surface area contributed by atoms with E-state index >= 15 is 0 Å². The molecule has 0 bridgehead atoms. The molecule has 2 rings (SSSR count). The number of benzene rings is 1. The largest absolute Gasteiger partial charge is 0.487 e. The van der Waals surface area contributed by atoms with Crippen LogP contribution in [0, 0.1) is 6.92 Å². The third-order valence-corrected chi connectivity index (χ3v) is 3.50. The minimum absolute atomic E-state index is 0.364. The third kappa shape index (κ3) is 3.05. The van der Waals surface area contributed by atoms with Gasteiger partial charge < -0.3 is 10.5 Å². The van der Waals surface area contributed by atoms with Gasteiger partial charge in [0.25, 0.3) is 0 Å². The zero-order valence-electron chi connectivity index (χ0n) is 10.7.